The van der Waals surface area contributed by atoms with E-state index < -0.39 is 49.5 Å². The average Bonchev–Trinajstić information content (AvgIpc) is 2.91. The third kappa shape index (κ3) is 8.02. The van der Waals surface area contributed by atoms with Crippen molar-refractivity contribution in [1.82, 2.24) is 0 Å². The molecule has 1 saturated heterocycles. The van der Waals surface area contributed by atoms with Crippen molar-refractivity contribution in [3.8, 4) is 17.2 Å². The van der Waals surface area contributed by atoms with E-state index in [9.17, 15) is 30.6 Å². The van der Waals surface area contributed by atoms with Crippen LogP contribution in [-0.2, 0) is 22.3 Å². The zero-order chi connectivity index (χ0) is 26.9. The number of benzene rings is 2. The van der Waals surface area contributed by atoms with Gasteiger partial charge in [-0.2, -0.15) is 0 Å². The van der Waals surface area contributed by atoms with Gasteiger partial charge in [-0.25, -0.2) is 0 Å². The number of aryl methyl sites for hydroxylation is 2. The van der Waals surface area contributed by atoms with E-state index in [0.29, 0.717) is 31.4 Å². The standard InChI is InChI=1S/C27H38O10/c1-34-19-9-4-16(5-10-19)6-11-20(36-27-26(33)25(32)24(31)23(15-28)37-27)14-18(29)8-3-17-7-12-22(35-2)21(30)13-17/h4-5,7,9-10,12-13,18,20,23-33H,3,6,8,11,14-15H2,1-2H3/t18-,20-,23+,24+,25-,26+,27+/m0/s1. The van der Waals surface area contributed by atoms with E-state index in [1.165, 1.54) is 7.11 Å². The van der Waals surface area contributed by atoms with Gasteiger partial charge in [0, 0.05) is 0 Å². The fraction of sp³-hybridized carbons (Fsp3) is 0.556. The second kappa shape index (κ2) is 13.9. The summed E-state index contributed by atoms with van der Waals surface area (Å²) in [6.07, 6.45) is -6.08. The van der Waals surface area contributed by atoms with E-state index in [2.05, 4.69) is 0 Å². The van der Waals surface area contributed by atoms with Crippen molar-refractivity contribution in [2.24, 2.45) is 0 Å². The SMILES string of the molecule is COc1ccc(CC[C@@H](C[C@@H](O)CCc2ccc(OC)c(O)c2)O[C@@H]2O[C@H](CO)[C@@H](O)[C@H](O)[C@H]2O)cc1. The minimum atomic E-state index is -1.55. The lowest BCUT2D eigenvalue weighted by atomic mass is 9.97. The molecule has 0 spiro atoms. The smallest absolute Gasteiger partial charge is 0.186 e. The van der Waals surface area contributed by atoms with E-state index in [-0.39, 0.29) is 12.2 Å². The predicted octanol–water partition coefficient (Wildman–Crippen LogP) is 0.911. The molecule has 0 aliphatic carbocycles. The second-order valence-corrected chi connectivity index (χ2v) is 9.28. The van der Waals surface area contributed by atoms with Gasteiger partial charge in [-0.3, -0.25) is 0 Å². The lowest BCUT2D eigenvalue weighted by molar-refractivity contribution is -0.313. The maximum atomic E-state index is 10.8. The molecule has 3 rings (SSSR count). The summed E-state index contributed by atoms with van der Waals surface area (Å²) in [5.41, 5.74) is 1.85. The predicted molar refractivity (Wildman–Crippen MR) is 134 cm³/mol. The molecule has 0 unspecified atom stereocenters. The number of rotatable bonds is 13. The van der Waals surface area contributed by atoms with Crippen molar-refractivity contribution in [3.63, 3.8) is 0 Å². The normalized spacial score (nSPS) is 25.4. The van der Waals surface area contributed by atoms with Gasteiger partial charge in [0.1, 0.15) is 30.2 Å². The molecule has 37 heavy (non-hydrogen) atoms. The maximum absolute atomic E-state index is 10.8. The fourth-order valence-corrected chi connectivity index (χ4v) is 4.38. The van der Waals surface area contributed by atoms with Crippen molar-refractivity contribution in [2.45, 2.75) is 75.0 Å². The van der Waals surface area contributed by atoms with E-state index in [4.69, 9.17) is 18.9 Å². The number of hydrogen-bond acceptors (Lipinski definition) is 10. The zero-order valence-electron chi connectivity index (χ0n) is 21.1. The first kappa shape index (κ1) is 29.1. The summed E-state index contributed by atoms with van der Waals surface area (Å²) in [6.45, 7) is -0.557. The van der Waals surface area contributed by atoms with Gasteiger partial charge in [0.15, 0.2) is 17.8 Å². The molecule has 0 radical (unpaired) electrons. The van der Waals surface area contributed by atoms with Crippen molar-refractivity contribution in [1.29, 1.82) is 0 Å². The largest absolute Gasteiger partial charge is 0.504 e. The summed E-state index contributed by atoms with van der Waals surface area (Å²) in [5, 5.41) is 60.9. The summed E-state index contributed by atoms with van der Waals surface area (Å²) in [5.74, 6) is 1.13. The van der Waals surface area contributed by atoms with Crippen LogP contribution in [0.4, 0.5) is 0 Å². The van der Waals surface area contributed by atoms with Gasteiger partial charge in [0.25, 0.3) is 0 Å². The molecule has 1 heterocycles. The van der Waals surface area contributed by atoms with Gasteiger partial charge >= 0.3 is 0 Å². The Morgan fingerprint density at radius 2 is 1.54 bits per heavy atom. The molecule has 1 aliphatic heterocycles. The number of hydrogen-bond donors (Lipinski definition) is 6. The zero-order valence-corrected chi connectivity index (χ0v) is 21.1. The first-order valence-electron chi connectivity index (χ1n) is 12.4. The van der Waals surface area contributed by atoms with E-state index >= 15 is 0 Å². The highest BCUT2D eigenvalue weighted by Crippen LogP contribution is 2.28. The minimum absolute atomic E-state index is 0.0257. The van der Waals surface area contributed by atoms with Crippen LogP contribution in [-0.4, -0.2) is 94.4 Å². The molecule has 10 heteroatoms. The molecule has 7 atom stereocenters. The summed E-state index contributed by atoms with van der Waals surface area (Å²) >= 11 is 0. The van der Waals surface area contributed by atoms with Crippen LogP contribution in [0.1, 0.15) is 30.4 Å². The number of phenols is 1. The lowest BCUT2D eigenvalue weighted by Gasteiger charge is -2.41. The van der Waals surface area contributed by atoms with Gasteiger partial charge in [0.2, 0.25) is 0 Å². The Labute approximate surface area is 216 Å². The Balaban J connectivity index is 1.65. The Bertz CT molecular complexity index is 951. The molecule has 0 saturated carbocycles. The molecule has 1 fully saturated rings. The van der Waals surface area contributed by atoms with Crippen molar-refractivity contribution < 1.29 is 49.6 Å². The molecule has 0 bridgehead atoms. The van der Waals surface area contributed by atoms with Gasteiger partial charge in [-0.1, -0.05) is 18.2 Å². The lowest BCUT2D eigenvalue weighted by Crippen LogP contribution is -2.59. The van der Waals surface area contributed by atoms with Crippen LogP contribution in [0, 0.1) is 0 Å². The highest BCUT2D eigenvalue weighted by molar-refractivity contribution is 5.41. The summed E-state index contributed by atoms with van der Waals surface area (Å²) in [6, 6.07) is 12.6. The van der Waals surface area contributed by atoms with Gasteiger partial charge in [-0.15, -0.1) is 0 Å². The monoisotopic (exact) mass is 522 g/mol. The van der Waals surface area contributed by atoms with Crippen LogP contribution < -0.4 is 9.47 Å². The van der Waals surface area contributed by atoms with Crippen LogP contribution >= 0.6 is 0 Å². The van der Waals surface area contributed by atoms with E-state index in [1.54, 1.807) is 19.2 Å². The Kier molecular flexibility index (Phi) is 11.0. The molecule has 0 aromatic heterocycles. The van der Waals surface area contributed by atoms with Crippen LogP contribution in [0.25, 0.3) is 0 Å². The summed E-state index contributed by atoms with van der Waals surface area (Å²) in [4.78, 5) is 0. The molecule has 206 valence electrons. The summed E-state index contributed by atoms with van der Waals surface area (Å²) < 4.78 is 21.8. The van der Waals surface area contributed by atoms with Crippen LogP contribution in [0.15, 0.2) is 42.5 Å². The van der Waals surface area contributed by atoms with Gasteiger partial charge in [0.05, 0.1) is 33.0 Å². The first-order valence-corrected chi connectivity index (χ1v) is 12.4. The Hall–Kier alpha value is -2.44. The quantitative estimate of drug-likeness (QED) is 0.223. The van der Waals surface area contributed by atoms with Crippen LogP contribution in [0.3, 0.4) is 0 Å². The molecule has 1 aliphatic rings. The molecule has 0 amide bonds. The Morgan fingerprint density at radius 3 is 2.16 bits per heavy atom. The fourth-order valence-electron chi connectivity index (χ4n) is 4.38. The number of aromatic hydroxyl groups is 1. The van der Waals surface area contributed by atoms with Crippen LogP contribution in [0.5, 0.6) is 17.2 Å². The molecular weight excluding hydrogens is 484 g/mol. The number of aliphatic hydroxyl groups is 5. The van der Waals surface area contributed by atoms with Gasteiger partial charge in [-0.05, 0) is 67.5 Å². The van der Waals surface area contributed by atoms with Crippen molar-refractivity contribution in [2.75, 3.05) is 20.8 Å². The highest BCUT2D eigenvalue weighted by Gasteiger charge is 2.44. The topological polar surface area (TPSA) is 158 Å². The first-order chi connectivity index (χ1) is 17.7. The highest BCUT2D eigenvalue weighted by atomic mass is 16.7. The van der Waals surface area contributed by atoms with E-state index in [1.807, 2.05) is 30.3 Å². The third-order valence-electron chi connectivity index (χ3n) is 6.63. The number of methoxy groups -OCH3 is 2. The Morgan fingerprint density at radius 1 is 0.865 bits per heavy atom. The third-order valence-corrected chi connectivity index (χ3v) is 6.63. The molecule has 2 aromatic carbocycles. The number of ether oxygens (including phenoxy) is 4. The van der Waals surface area contributed by atoms with Crippen molar-refractivity contribution in [3.05, 3.63) is 53.6 Å². The second-order valence-electron chi connectivity index (χ2n) is 9.28. The molecule has 2 aromatic rings. The number of aliphatic hydroxyl groups excluding tert-OH is 5. The van der Waals surface area contributed by atoms with Crippen LogP contribution in [0.2, 0.25) is 0 Å². The maximum Gasteiger partial charge on any atom is 0.186 e. The molecule has 10 nitrogen and oxygen atoms in total. The van der Waals surface area contributed by atoms with Gasteiger partial charge < -0.3 is 49.6 Å². The molecular formula is C27H38O10. The van der Waals surface area contributed by atoms with E-state index in [0.717, 1.165) is 16.9 Å². The summed E-state index contributed by atoms with van der Waals surface area (Å²) in [7, 11) is 3.06. The average molecular weight is 523 g/mol. The number of phenolic OH excluding ortho intramolecular Hbond substituents is 1. The van der Waals surface area contributed by atoms with Crippen molar-refractivity contribution >= 4 is 0 Å². The molecule has 6 N–H and O–H groups in total. The minimum Gasteiger partial charge on any atom is -0.504 e.